The predicted octanol–water partition coefficient (Wildman–Crippen LogP) is 4.29. The van der Waals surface area contributed by atoms with Crippen LogP contribution in [0.2, 0.25) is 0 Å². The molecule has 0 heterocycles. The molecule has 0 aliphatic heterocycles. The smallest absolute Gasteiger partial charge is 0.238 e. The maximum absolute atomic E-state index is 12.5. The van der Waals surface area contributed by atoms with Gasteiger partial charge in [0.1, 0.15) is 0 Å². The van der Waals surface area contributed by atoms with Gasteiger partial charge >= 0.3 is 0 Å². The first-order valence-electron chi connectivity index (χ1n) is 9.23. The van der Waals surface area contributed by atoms with Crippen molar-refractivity contribution in [2.45, 2.75) is 64.8 Å². The normalized spacial score (nSPS) is 19.1. The molecule has 0 atom stereocenters. The fraction of sp³-hybridized carbons (Fsp3) is 0.650. The second-order valence-corrected chi connectivity index (χ2v) is 7.53. The Morgan fingerprint density at radius 3 is 2.52 bits per heavy atom. The molecule has 2 aliphatic rings. The minimum absolute atomic E-state index is 0.139. The second-order valence-electron chi connectivity index (χ2n) is 7.53. The highest BCUT2D eigenvalue weighted by Gasteiger charge is 2.32. The molecule has 2 aliphatic carbocycles. The molecule has 1 aromatic carbocycles. The lowest BCUT2D eigenvalue weighted by atomic mass is 9.89. The van der Waals surface area contributed by atoms with Gasteiger partial charge in [-0.05, 0) is 57.1 Å². The van der Waals surface area contributed by atoms with Crippen molar-refractivity contribution < 1.29 is 4.79 Å². The molecule has 0 unspecified atom stereocenters. The van der Waals surface area contributed by atoms with Gasteiger partial charge in [0.25, 0.3) is 0 Å². The molecule has 0 saturated heterocycles. The summed E-state index contributed by atoms with van der Waals surface area (Å²) in [6.07, 6.45) is 9.37. The number of nitrogens with one attached hydrogen (secondary N) is 1. The number of carbonyl (C=O) groups is 1. The summed E-state index contributed by atoms with van der Waals surface area (Å²) in [6, 6.07) is 6.85. The topological polar surface area (TPSA) is 32.3 Å². The Balaban J connectivity index is 1.55. The monoisotopic (exact) mass is 314 g/mol. The Bertz CT molecular complexity index is 545. The molecule has 0 bridgehead atoms. The van der Waals surface area contributed by atoms with Crippen LogP contribution >= 0.6 is 0 Å². The van der Waals surface area contributed by atoms with Gasteiger partial charge in [-0.1, -0.05) is 37.0 Å². The van der Waals surface area contributed by atoms with Gasteiger partial charge in [0, 0.05) is 18.3 Å². The number of aryl methyl sites for hydroxylation is 2. The van der Waals surface area contributed by atoms with Crippen LogP contribution in [0.3, 0.4) is 0 Å². The third-order valence-electron chi connectivity index (χ3n) is 5.28. The van der Waals surface area contributed by atoms with Gasteiger partial charge in [0.05, 0.1) is 6.54 Å². The third kappa shape index (κ3) is 4.81. The molecule has 0 radical (unpaired) electrons. The fourth-order valence-corrected chi connectivity index (χ4v) is 3.81. The first-order valence-corrected chi connectivity index (χ1v) is 9.23. The molecule has 3 heteroatoms. The highest BCUT2D eigenvalue weighted by Crippen LogP contribution is 2.31. The summed E-state index contributed by atoms with van der Waals surface area (Å²) in [4.78, 5) is 14.9. The first-order chi connectivity index (χ1) is 11.1. The Morgan fingerprint density at radius 1 is 1.13 bits per heavy atom. The van der Waals surface area contributed by atoms with E-state index < -0.39 is 0 Å². The zero-order valence-electron chi connectivity index (χ0n) is 14.6. The van der Waals surface area contributed by atoms with E-state index in [-0.39, 0.29) is 5.91 Å². The summed E-state index contributed by atoms with van der Waals surface area (Å²) in [5, 5.41) is 3.11. The van der Waals surface area contributed by atoms with Crippen LogP contribution in [0.4, 0.5) is 5.69 Å². The maximum atomic E-state index is 12.5. The zero-order chi connectivity index (χ0) is 16.2. The number of nitrogens with zero attached hydrogens (tertiary/aromatic N) is 1. The van der Waals surface area contributed by atoms with E-state index in [2.05, 4.69) is 36.2 Å². The van der Waals surface area contributed by atoms with Crippen molar-refractivity contribution in [1.29, 1.82) is 0 Å². The summed E-state index contributed by atoms with van der Waals surface area (Å²) >= 11 is 0. The van der Waals surface area contributed by atoms with Crippen LogP contribution in [0.5, 0.6) is 0 Å². The van der Waals surface area contributed by atoms with Crippen molar-refractivity contribution in [2.75, 3.05) is 18.4 Å². The molecule has 23 heavy (non-hydrogen) atoms. The number of carbonyl (C=O) groups excluding carboxylic acids is 1. The number of hydrogen-bond donors (Lipinski definition) is 1. The van der Waals surface area contributed by atoms with Gasteiger partial charge in [-0.3, -0.25) is 9.69 Å². The van der Waals surface area contributed by atoms with E-state index in [9.17, 15) is 4.79 Å². The lowest BCUT2D eigenvalue weighted by molar-refractivity contribution is -0.117. The summed E-state index contributed by atoms with van der Waals surface area (Å²) < 4.78 is 0. The van der Waals surface area contributed by atoms with Crippen molar-refractivity contribution in [1.82, 2.24) is 4.90 Å². The average Bonchev–Trinajstić information content (AvgIpc) is 3.35. The lowest BCUT2D eigenvalue weighted by Crippen LogP contribution is -2.38. The molecule has 126 valence electrons. The van der Waals surface area contributed by atoms with E-state index in [1.165, 1.54) is 50.5 Å². The van der Waals surface area contributed by atoms with Crippen molar-refractivity contribution in [3.05, 3.63) is 29.3 Å². The molecule has 1 N–H and O–H groups in total. The Hall–Kier alpha value is -1.35. The van der Waals surface area contributed by atoms with Gasteiger partial charge < -0.3 is 5.32 Å². The summed E-state index contributed by atoms with van der Waals surface area (Å²) in [5.41, 5.74) is 3.33. The van der Waals surface area contributed by atoms with Crippen molar-refractivity contribution in [3.8, 4) is 0 Å². The average molecular weight is 314 g/mol. The Labute approximate surface area is 140 Å². The number of rotatable bonds is 6. The minimum atomic E-state index is 0.139. The minimum Gasteiger partial charge on any atom is -0.325 e. The Kier molecular flexibility index (Phi) is 5.37. The van der Waals surface area contributed by atoms with Crippen LogP contribution in [0.15, 0.2) is 18.2 Å². The molecule has 3 rings (SSSR count). The summed E-state index contributed by atoms with van der Waals surface area (Å²) in [7, 11) is 0. The summed E-state index contributed by atoms with van der Waals surface area (Å²) in [5.74, 6) is 0.943. The number of hydrogen-bond acceptors (Lipinski definition) is 2. The number of benzene rings is 1. The van der Waals surface area contributed by atoms with Crippen LogP contribution in [0.25, 0.3) is 0 Å². The largest absolute Gasteiger partial charge is 0.325 e. The molecule has 0 aromatic heterocycles. The lowest BCUT2D eigenvalue weighted by Gasteiger charge is -2.29. The molecule has 2 fully saturated rings. The first kappa shape index (κ1) is 16.5. The summed E-state index contributed by atoms with van der Waals surface area (Å²) in [6.45, 7) is 5.81. The van der Waals surface area contributed by atoms with Crippen molar-refractivity contribution >= 4 is 11.6 Å². The van der Waals surface area contributed by atoms with Crippen molar-refractivity contribution in [3.63, 3.8) is 0 Å². The van der Waals surface area contributed by atoms with Crippen LogP contribution in [0, 0.1) is 19.8 Å². The van der Waals surface area contributed by atoms with Crippen LogP contribution < -0.4 is 5.32 Å². The van der Waals surface area contributed by atoms with Gasteiger partial charge in [0.15, 0.2) is 0 Å². The fourth-order valence-electron chi connectivity index (χ4n) is 3.81. The molecule has 1 amide bonds. The van der Waals surface area contributed by atoms with Gasteiger partial charge in [-0.25, -0.2) is 0 Å². The van der Waals surface area contributed by atoms with E-state index in [0.717, 1.165) is 23.7 Å². The van der Waals surface area contributed by atoms with E-state index >= 15 is 0 Å². The van der Waals surface area contributed by atoms with Crippen LogP contribution in [0.1, 0.15) is 56.1 Å². The standard InChI is InChI=1S/C20H30N2O/c1-15-8-11-19(16(2)12-15)21-20(23)14-22(18-9-10-18)13-17-6-4-3-5-7-17/h8,11-12,17-18H,3-7,9-10,13-14H2,1-2H3,(H,21,23). The van der Waals surface area contributed by atoms with Gasteiger partial charge in [0.2, 0.25) is 5.91 Å². The SMILES string of the molecule is Cc1ccc(NC(=O)CN(CC2CCCCC2)C2CC2)c(C)c1. The molecule has 0 spiro atoms. The Morgan fingerprint density at radius 2 is 1.87 bits per heavy atom. The zero-order valence-corrected chi connectivity index (χ0v) is 14.6. The van der Waals surface area contributed by atoms with E-state index in [4.69, 9.17) is 0 Å². The molecule has 2 saturated carbocycles. The predicted molar refractivity (Wildman–Crippen MR) is 95.7 cm³/mol. The maximum Gasteiger partial charge on any atom is 0.238 e. The van der Waals surface area contributed by atoms with Crippen LogP contribution in [-0.2, 0) is 4.79 Å². The van der Waals surface area contributed by atoms with Crippen LogP contribution in [-0.4, -0.2) is 29.9 Å². The van der Waals surface area contributed by atoms with Crippen molar-refractivity contribution in [2.24, 2.45) is 5.92 Å². The molecule has 1 aromatic rings. The van der Waals surface area contributed by atoms with E-state index in [1.54, 1.807) is 0 Å². The van der Waals surface area contributed by atoms with Gasteiger partial charge in [-0.15, -0.1) is 0 Å². The van der Waals surface area contributed by atoms with E-state index in [1.807, 2.05) is 6.07 Å². The highest BCUT2D eigenvalue weighted by atomic mass is 16.2. The second kappa shape index (κ2) is 7.48. The molecular formula is C20H30N2O. The number of amides is 1. The quantitative estimate of drug-likeness (QED) is 0.849. The third-order valence-corrected chi connectivity index (χ3v) is 5.28. The molecular weight excluding hydrogens is 284 g/mol. The van der Waals surface area contributed by atoms with E-state index in [0.29, 0.717) is 12.6 Å². The molecule has 3 nitrogen and oxygen atoms in total. The number of anilines is 1. The van der Waals surface area contributed by atoms with Gasteiger partial charge in [-0.2, -0.15) is 0 Å². The highest BCUT2D eigenvalue weighted by molar-refractivity contribution is 5.93.